The lowest BCUT2D eigenvalue weighted by molar-refractivity contribution is -0.143. The first-order chi connectivity index (χ1) is 13.4. The summed E-state index contributed by atoms with van der Waals surface area (Å²) >= 11 is 0. The van der Waals surface area contributed by atoms with Gasteiger partial charge in [-0.1, -0.05) is 25.1 Å². The molecule has 0 saturated carbocycles. The molecule has 2 heterocycles. The zero-order valence-electron chi connectivity index (χ0n) is 16.2. The van der Waals surface area contributed by atoms with E-state index in [1.807, 2.05) is 38.1 Å². The Morgan fingerprint density at radius 2 is 2.00 bits per heavy atom. The molecule has 0 unspecified atom stereocenters. The molecule has 1 aliphatic heterocycles. The Labute approximate surface area is 163 Å². The second-order valence-electron chi connectivity index (χ2n) is 7.01. The maximum atomic E-state index is 12.8. The van der Waals surface area contributed by atoms with Crippen LogP contribution in [-0.2, 0) is 20.7 Å². The number of benzene rings is 1. The fourth-order valence-electron chi connectivity index (χ4n) is 3.78. The zero-order valence-corrected chi connectivity index (χ0v) is 16.2. The Balaban J connectivity index is 1.79. The minimum absolute atomic E-state index is 0.402. The minimum Gasteiger partial charge on any atom is -0.452 e. The summed E-state index contributed by atoms with van der Waals surface area (Å²) in [7, 11) is 0. The zero-order chi connectivity index (χ0) is 20.3. The summed E-state index contributed by atoms with van der Waals surface area (Å²) in [6.07, 6.45) is 2.76. The highest BCUT2D eigenvalue weighted by molar-refractivity contribution is 5.99. The van der Waals surface area contributed by atoms with E-state index in [0.29, 0.717) is 30.6 Å². The molecule has 2 N–H and O–H groups in total. The van der Waals surface area contributed by atoms with Crippen LogP contribution in [0, 0.1) is 6.92 Å². The number of primary amides is 1. The topological polar surface area (TPSA) is 103 Å². The molecule has 0 radical (unpaired) electrons. The summed E-state index contributed by atoms with van der Waals surface area (Å²) in [5, 5.41) is 0.878. The third kappa shape index (κ3) is 3.83. The van der Waals surface area contributed by atoms with Crippen molar-refractivity contribution in [2.45, 2.75) is 45.6 Å². The quantitative estimate of drug-likeness (QED) is 0.797. The number of likely N-dealkylation sites (tertiary alicyclic amines) is 1. The van der Waals surface area contributed by atoms with E-state index < -0.39 is 30.4 Å². The van der Waals surface area contributed by atoms with Gasteiger partial charge in [0.15, 0.2) is 6.61 Å². The Hall–Kier alpha value is -2.96. The van der Waals surface area contributed by atoms with E-state index in [1.54, 1.807) is 0 Å². The molecule has 7 heteroatoms. The van der Waals surface area contributed by atoms with Gasteiger partial charge in [0.05, 0.1) is 16.8 Å². The van der Waals surface area contributed by atoms with Crippen LogP contribution in [-0.4, -0.2) is 46.9 Å². The molecule has 1 fully saturated rings. The first kappa shape index (κ1) is 19.8. The largest absolute Gasteiger partial charge is 0.452 e. The van der Waals surface area contributed by atoms with E-state index in [-0.39, 0.29) is 0 Å². The summed E-state index contributed by atoms with van der Waals surface area (Å²) < 4.78 is 5.32. The maximum Gasteiger partial charge on any atom is 0.340 e. The van der Waals surface area contributed by atoms with Crippen molar-refractivity contribution in [3.63, 3.8) is 0 Å². The fraction of sp³-hybridized carbons (Fsp3) is 0.429. The first-order valence-electron chi connectivity index (χ1n) is 9.58. The highest BCUT2D eigenvalue weighted by Gasteiger charge is 2.31. The smallest absolute Gasteiger partial charge is 0.340 e. The van der Waals surface area contributed by atoms with Crippen LogP contribution in [0.4, 0.5) is 0 Å². The number of fused-ring (bicyclic) bond motifs is 1. The van der Waals surface area contributed by atoms with Crippen LogP contribution in [0.5, 0.6) is 0 Å². The van der Waals surface area contributed by atoms with Gasteiger partial charge in [-0.2, -0.15) is 0 Å². The van der Waals surface area contributed by atoms with Gasteiger partial charge in [-0.05, 0) is 44.2 Å². The Bertz CT molecular complexity index is 925. The number of ether oxygens (including phenoxy) is 1. The third-order valence-electron chi connectivity index (χ3n) is 5.24. The normalized spacial score (nSPS) is 16.8. The predicted molar refractivity (Wildman–Crippen MR) is 105 cm³/mol. The van der Waals surface area contributed by atoms with Gasteiger partial charge in [-0.25, -0.2) is 4.79 Å². The molecule has 2 amide bonds. The lowest BCUT2D eigenvalue weighted by Gasteiger charge is -2.33. The second-order valence-corrected chi connectivity index (χ2v) is 7.01. The van der Waals surface area contributed by atoms with Gasteiger partial charge in [0.25, 0.3) is 5.91 Å². The van der Waals surface area contributed by atoms with Crippen molar-refractivity contribution in [2.75, 3.05) is 13.2 Å². The highest BCUT2D eigenvalue weighted by atomic mass is 16.5. The number of hydrogen-bond donors (Lipinski definition) is 1. The Morgan fingerprint density at radius 3 is 2.71 bits per heavy atom. The van der Waals surface area contributed by atoms with E-state index >= 15 is 0 Å². The van der Waals surface area contributed by atoms with Gasteiger partial charge in [-0.15, -0.1) is 0 Å². The number of carbonyl (C=O) groups is 3. The standard InChI is InChI=1S/C21H25N3O4/c1-3-15-19(13(2)14-8-4-5-9-16(14)23-15)21(27)28-12-18(25)24-11-7-6-10-17(24)20(22)26/h4-5,8-9,17H,3,6-7,10-12H2,1-2H3,(H2,22,26)/t17-/m1/s1. The van der Waals surface area contributed by atoms with Crippen LogP contribution >= 0.6 is 0 Å². The number of aryl methyl sites for hydroxylation is 2. The van der Waals surface area contributed by atoms with Crippen LogP contribution in [0.2, 0.25) is 0 Å². The lowest BCUT2D eigenvalue weighted by atomic mass is 10.0. The average Bonchev–Trinajstić information content (AvgIpc) is 2.71. The van der Waals surface area contributed by atoms with E-state index in [1.165, 1.54) is 4.90 Å². The van der Waals surface area contributed by atoms with Crippen LogP contribution in [0.3, 0.4) is 0 Å². The molecule has 1 aromatic carbocycles. The summed E-state index contributed by atoms with van der Waals surface area (Å²) in [5.74, 6) is -1.50. The molecule has 3 rings (SSSR count). The molecule has 1 aromatic heterocycles. The molecule has 0 bridgehead atoms. The van der Waals surface area contributed by atoms with Gasteiger partial charge < -0.3 is 15.4 Å². The highest BCUT2D eigenvalue weighted by Crippen LogP contribution is 2.24. The summed E-state index contributed by atoms with van der Waals surface area (Å²) in [6, 6.07) is 6.97. The van der Waals surface area contributed by atoms with Crippen molar-refractivity contribution in [1.29, 1.82) is 0 Å². The number of rotatable bonds is 5. The van der Waals surface area contributed by atoms with Crippen molar-refractivity contribution in [3.05, 3.63) is 41.1 Å². The lowest BCUT2D eigenvalue weighted by Crippen LogP contribution is -2.51. The number of hydrogen-bond acceptors (Lipinski definition) is 5. The molecule has 0 aliphatic carbocycles. The van der Waals surface area contributed by atoms with Crippen molar-refractivity contribution in [3.8, 4) is 0 Å². The van der Waals surface area contributed by atoms with E-state index in [4.69, 9.17) is 10.5 Å². The molecule has 28 heavy (non-hydrogen) atoms. The first-order valence-corrected chi connectivity index (χ1v) is 9.58. The monoisotopic (exact) mass is 383 g/mol. The number of aromatic nitrogens is 1. The number of para-hydroxylation sites is 1. The number of piperidine rings is 1. The van der Waals surface area contributed by atoms with Gasteiger partial charge in [0.1, 0.15) is 6.04 Å². The van der Waals surface area contributed by atoms with E-state index in [9.17, 15) is 14.4 Å². The molecular weight excluding hydrogens is 358 g/mol. The number of carbonyl (C=O) groups excluding carboxylic acids is 3. The van der Waals surface area contributed by atoms with E-state index in [0.717, 1.165) is 29.3 Å². The summed E-state index contributed by atoms with van der Waals surface area (Å²) in [6.45, 7) is 3.80. The molecule has 2 aromatic rings. The predicted octanol–water partition coefficient (Wildman–Crippen LogP) is 2.13. The number of amides is 2. The van der Waals surface area contributed by atoms with Gasteiger partial charge in [0.2, 0.25) is 5.91 Å². The Kier molecular flexibility index (Phi) is 5.92. The van der Waals surface area contributed by atoms with Gasteiger partial charge >= 0.3 is 5.97 Å². The molecule has 1 atom stereocenters. The van der Waals surface area contributed by atoms with Crippen LogP contribution in [0.15, 0.2) is 24.3 Å². The molecule has 148 valence electrons. The average molecular weight is 383 g/mol. The number of pyridine rings is 1. The molecular formula is C21H25N3O4. The fourth-order valence-corrected chi connectivity index (χ4v) is 3.78. The van der Waals surface area contributed by atoms with Gasteiger partial charge in [0, 0.05) is 11.9 Å². The minimum atomic E-state index is -0.629. The molecule has 0 spiro atoms. The van der Waals surface area contributed by atoms with Crippen molar-refractivity contribution >= 4 is 28.7 Å². The summed E-state index contributed by atoms with van der Waals surface area (Å²) in [5.41, 5.74) is 8.05. The molecule has 1 aliphatic rings. The maximum absolute atomic E-state index is 12.8. The molecule has 1 saturated heterocycles. The molecule has 7 nitrogen and oxygen atoms in total. The van der Waals surface area contributed by atoms with Crippen LogP contribution in [0.1, 0.15) is 47.8 Å². The van der Waals surface area contributed by atoms with Crippen LogP contribution in [0.25, 0.3) is 10.9 Å². The van der Waals surface area contributed by atoms with Crippen LogP contribution < -0.4 is 5.73 Å². The number of esters is 1. The third-order valence-corrected chi connectivity index (χ3v) is 5.24. The van der Waals surface area contributed by atoms with Crippen molar-refractivity contribution in [2.24, 2.45) is 5.73 Å². The van der Waals surface area contributed by atoms with E-state index in [2.05, 4.69) is 4.98 Å². The van der Waals surface area contributed by atoms with Crippen molar-refractivity contribution in [1.82, 2.24) is 9.88 Å². The number of nitrogens with two attached hydrogens (primary N) is 1. The summed E-state index contributed by atoms with van der Waals surface area (Å²) in [4.78, 5) is 42.9. The SMILES string of the molecule is CCc1nc2ccccc2c(C)c1C(=O)OCC(=O)N1CCCC[C@@H]1C(N)=O. The van der Waals surface area contributed by atoms with Gasteiger partial charge in [-0.3, -0.25) is 14.6 Å². The van der Waals surface area contributed by atoms with Crippen molar-refractivity contribution < 1.29 is 19.1 Å². The Morgan fingerprint density at radius 1 is 1.25 bits per heavy atom. The number of nitrogens with zero attached hydrogens (tertiary/aromatic N) is 2. The second kappa shape index (κ2) is 8.37.